The first kappa shape index (κ1) is 15.6. The van der Waals surface area contributed by atoms with Crippen molar-refractivity contribution in [3.8, 4) is 0 Å². The molecule has 4 rings (SSSR count). The van der Waals surface area contributed by atoms with E-state index in [0.29, 0.717) is 18.3 Å². The van der Waals surface area contributed by atoms with E-state index in [2.05, 4.69) is 37.0 Å². The van der Waals surface area contributed by atoms with E-state index in [1.165, 1.54) is 5.69 Å². The Morgan fingerprint density at radius 2 is 1.92 bits per heavy atom. The number of carbonyl (C=O) groups is 1. The molecule has 0 bridgehead atoms. The van der Waals surface area contributed by atoms with Crippen LogP contribution in [-0.2, 0) is 4.79 Å². The molecule has 25 heavy (non-hydrogen) atoms. The van der Waals surface area contributed by atoms with Gasteiger partial charge in [-0.15, -0.1) is 0 Å². The second kappa shape index (κ2) is 6.19. The summed E-state index contributed by atoms with van der Waals surface area (Å²) in [6.45, 7) is 5.05. The van der Waals surface area contributed by atoms with Crippen molar-refractivity contribution in [1.29, 1.82) is 0 Å². The van der Waals surface area contributed by atoms with Crippen LogP contribution in [0.4, 0.5) is 23.0 Å². The third kappa shape index (κ3) is 2.84. The molecule has 0 saturated carbocycles. The van der Waals surface area contributed by atoms with Crippen molar-refractivity contribution in [3.63, 3.8) is 0 Å². The minimum atomic E-state index is -0.0329. The predicted molar refractivity (Wildman–Crippen MR) is 97.2 cm³/mol. The molecule has 8 nitrogen and oxygen atoms in total. The fraction of sp³-hybridized carbons (Fsp3) is 0.412. The molecule has 1 N–H and O–H groups in total. The minimum absolute atomic E-state index is 0.0329. The zero-order valence-electron chi connectivity index (χ0n) is 14.4. The topological polar surface area (TPSA) is 77.5 Å². The Labute approximate surface area is 146 Å². The van der Waals surface area contributed by atoms with E-state index in [1.807, 2.05) is 36.5 Å². The molecule has 1 unspecified atom stereocenters. The average Bonchev–Trinajstić information content (AvgIpc) is 2.62. The molecule has 2 aliphatic rings. The van der Waals surface area contributed by atoms with Crippen LogP contribution in [0.1, 0.15) is 6.92 Å². The largest absolute Gasteiger partial charge is 0.365 e. The first-order valence-corrected chi connectivity index (χ1v) is 8.41. The van der Waals surface area contributed by atoms with Gasteiger partial charge in [0, 0.05) is 50.8 Å². The molecule has 0 radical (unpaired) electrons. The molecule has 8 heteroatoms. The summed E-state index contributed by atoms with van der Waals surface area (Å²) in [6.07, 6.45) is 5.21. The second-order valence-electron chi connectivity index (χ2n) is 6.49. The van der Waals surface area contributed by atoms with Crippen molar-refractivity contribution in [2.24, 2.45) is 0 Å². The number of hydrogen-bond acceptors (Lipinski definition) is 7. The van der Waals surface area contributed by atoms with Crippen LogP contribution in [0.15, 0.2) is 30.9 Å². The van der Waals surface area contributed by atoms with Gasteiger partial charge in [0.2, 0.25) is 5.91 Å². The number of rotatable bonds is 2. The summed E-state index contributed by atoms with van der Waals surface area (Å²) in [6, 6.07) is 4.39. The summed E-state index contributed by atoms with van der Waals surface area (Å²) >= 11 is 0. The van der Waals surface area contributed by atoms with E-state index in [9.17, 15) is 4.79 Å². The standard InChI is InChI=1S/C17H21N7O/c1-12-9-23(7-8-24(12)13-3-5-18-6-4-13)17-15-16(19-11-20-17)22(2)10-14(25)21-15/h3-6,11-12H,7-10H2,1-2H3,(H,21,25). The van der Waals surface area contributed by atoms with Gasteiger partial charge in [0.05, 0.1) is 6.54 Å². The number of fused-ring (bicyclic) bond motifs is 1. The van der Waals surface area contributed by atoms with Gasteiger partial charge in [-0.05, 0) is 19.1 Å². The number of hydrogen-bond donors (Lipinski definition) is 1. The van der Waals surface area contributed by atoms with Crippen LogP contribution in [0.5, 0.6) is 0 Å². The zero-order valence-corrected chi connectivity index (χ0v) is 14.4. The molecule has 0 aromatic carbocycles. The molecule has 1 fully saturated rings. The fourth-order valence-corrected chi connectivity index (χ4v) is 3.55. The van der Waals surface area contributed by atoms with Crippen LogP contribution < -0.4 is 20.0 Å². The van der Waals surface area contributed by atoms with Crippen molar-refractivity contribution >= 4 is 28.9 Å². The number of carbonyl (C=O) groups excluding carboxylic acids is 1. The zero-order chi connectivity index (χ0) is 17.4. The molecular formula is C17H21N7O. The lowest BCUT2D eigenvalue weighted by Crippen LogP contribution is -2.52. The van der Waals surface area contributed by atoms with Gasteiger partial charge in [-0.25, -0.2) is 9.97 Å². The highest BCUT2D eigenvalue weighted by molar-refractivity contribution is 6.03. The highest BCUT2D eigenvalue weighted by Crippen LogP contribution is 2.35. The maximum absolute atomic E-state index is 11.9. The number of pyridine rings is 1. The Morgan fingerprint density at radius 3 is 2.68 bits per heavy atom. The van der Waals surface area contributed by atoms with E-state index < -0.39 is 0 Å². The molecule has 130 valence electrons. The molecule has 2 aromatic rings. The van der Waals surface area contributed by atoms with Crippen molar-refractivity contribution in [2.45, 2.75) is 13.0 Å². The van der Waals surface area contributed by atoms with E-state index >= 15 is 0 Å². The number of anilines is 4. The minimum Gasteiger partial charge on any atom is -0.365 e. The van der Waals surface area contributed by atoms with Crippen molar-refractivity contribution in [3.05, 3.63) is 30.9 Å². The van der Waals surface area contributed by atoms with Gasteiger partial charge >= 0.3 is 0 Å². The van der Waals surface area contributed by atoms with Crippen LogP contribution in [0.3, 0.4) is 0 Å². The lowest BCUT2D eigenvalue weighted by molar-refractivity contribution is -0.115. The highest BCUT2D eigenvalue weighted by atomic mass is 16.2. The van der Waals surface area contributed by atoms with E-state index in [1.54, 1.807) is 6.33 Å². The van der Waals surface area contributed by atoms with Crippen molar-refractivity contribution in [2.75, 3.05) is 53.2 Å². The van der Waals surface area contributed by atoms with Crippen molar-refractivity contribution < 1.29 is 4.79 Å². The molecule has 1 saturated heterocycles. The third-order valence-corrected chi connectivity index (χ3v) is 4.74. The summed E-state index contributed by atoms with van der Waals surface area (Å²) in [7, 11) is 1.87. The Hall–Kier alpha value is -2.90. The Kier molecular flexibility index (Phi) is 3.87. The normalized spacial score (nSPS) is 20.3. The number of nitrogens with one attached hydrogen (secondary N) is 1. The lowest BCUT2D eigenvalue weighted by atomic mass is 10.1. The van der Waals surface area contributed by atoms with Crippen LogP contribution in [0, 0.1) is 0 Å². The Balaban J connectivity index is 1.59. The van der Waals surface area contributed by atoms with Crippen molar-refractivity contribution in [1.82, 2.24) is 15.0 Å². The molecule has 4 heterocycles. The smallest absolute Gasteiger partial charge is 0.244 e. The summed E-state index contributed by atoms with van der Waals surface area (Å²) < 4.78 is 0. The molecule has 0 aliphatic carbocycles. The van der Waals surface area contributed by atoms with E-state index in [0.717, 1.165) is 31.3 Å². The maximum Gasteiger partial charge on any atom is 0.244 e. The van der Waals surface area contributed by atoms with Gasteiger partial charge < -0.3 is 20.0 Å². The van der Waals surface area contributed by atoms with E-state index in [-0.39, 0.29) is 5.91 Å². The average molecular weight is 339 g/mol. The first-order chi connectivity index (χ1) is 12.1. The highest BCUT2D eigenvalue weighted by Gasteiger charge is 2.30. The number of piperazine rings is 1. The molecule has 2 aliphatic heterocycles. The molecule has 2 aromatic heterocycles. The van der Waals surface area contributed by atoms with Gasteiger partial charge in [-0.3, -0.25) is 9.78 Å². The first-order valence-electron chi connectivity index (χ1n) is 8.41. The second-order valence-corrected chi connectivity index (χ2v) is 6.49. The molecule has 1 amide bonds. The SMILES string of the molecule is CC1CN(c2ncnc3c2NC(=O)CN3C)CCN1c1ccncc1. The fourth-order valence-electron chi connectivity index (χ4n) is 3.55. The number of likely N-dealkylation sites (N-methyl/N-ethyl adjacent to an activating group) is 1. The van der Waals surface area contributed by atoms with E-state index in [4.69, 9.17) is 0 Å². The third-order valence-electron chi connectivity index (χ3n) is 4.74. The predicted octanol–water partition coefficient (Wildman–Crippen LogP) is 0.975. The summed E-state index contributed by atoms with van der Waals surface area (Å²) in [5.41, 5.74) is 1.89. The molecular weight excluding hydrogens is 318 g/mol. The van der Waals surface area contributed by atoms with Gasteiger partial charge in [0.25, 0.3) is 0 Å². The van der Waals surface area contributed by atoms with Gasteiger partial charge in [-0.2, -0.15) is 0 Å². The Morgan fingerprint density at radius 1 is 1.16 bits per heavy atom. The quantitative estimate of drug-likeness (QED) is 0.874. The van der Waals surface area contributed by atoms with Crippen LogP contribution in [0.2, 0.25) is 0 Å². The number of nitrogens with zero attached hydrogens (tertiary/aromatic N) is 6. The monoisotopic (exact) mass is 339 g/mol. The number of amides is 1. The lowest BCUT2D eigenvalue weighted by Gasteiger charge is -2.42. The summed E-state index contributed by atoms with van der Waals surface area (Å²) in [5, 5.41) is 2.94. The van der Waals surface area contributed by atoms with Gasteiger partial charge in [0.15, 0.2) is 11.6 Å². The molecule has 0 spiro atoms. The van der Waals surface area contributed by atoms with Crippen LogP contribution in [0.25, 0.3) is 0 Å². The molecule has 1 atom stereocenters. The van der Waals surface area contributed by atoms with Crippen LogP contribution in [-0.4, -0.2) is 60.1 Å². The number of aromatic nitrogens is 3. The van der Waals surface area contributed by atoms with Gasteiger partial charge in [-0.1, -0.05) is 0 Å². The Bertz CT molecular complexity index is 782. The van der Waals surface area contributed by atoms with Crippen LogP contribution >= 0.6 is 0 Å². The van der Waals surface area contributed by atoms with Gasteiger partial charge in [0.1, 0.15) is 12.0 Å². The summed E-state index contributed by atoms with van der Waals surface area (Å²) in [4.78, 5) is 31.3. The summed E-state index contributed by atoms with van der Waals surface area (Å²) in [5.74, 6) is 1.54. The maximum atomic E-state index is 11.9.